The molecule has 2 fully saturated rings. The number of hydrazone groups is 1. The first-order valence-corrected chi connectivity index (χ1v) is 12.5. The molecule has 3 aliphatic rings. The lowest BCUT2D eigenvalue weighted by Gasteiger charge is -2.27. The Hall–Kier alpha value is -3.76. The summed E-state index contributed by atoms with van der Waals surface area (Å²) in [6.45, 7) is 1.07. The van der Waals surface area contributed by atoms with Crippen LogP contribution in [-0.4, -0.2) is 59.1 Å². The number of methoxy groups -OCH3 is 1. The number of piperazine rings is 1. The van der Waals surface area contributed by atoms with Crippen LogP contribution in [0.4, 0.5) is 14.6 Å². The first-order valence-electron chi connectivity index (χ1n) is 11.6. The van der Waals surface area contributed by atoms with Gasteiger partial charge >= 0.3 is 0 Å². The van der Waals surface area contributed by atoms with E-state index in [-0.39, 0.29) is 40.3 Å². The van der Waals surface area contributed by atoms with Crippen LogP contribution in [0.25, 0.3) is 11.1 Å². The van der Waals surface area contributed by atoms with Crippen molar-refractivity contribution >= 4 is 34.6 Å². The molecule has 2 aromatic heterocycles. The zero-order valence-corrected chi connectivity index (χ0v) is 20.6. The number of aromatic nitrogens is 2. The fourth-order valence-electron chi connectivity index (χ4n) is 3.78. The van der Waals surface area contributed by atoms with Gasteiger partial charge in [0.2, 0.25) is 5.91 Å². The lowest BCUT2D eigenvalue weighted by molar-refractivity contribution is -0.118. The number of rotatable bonds is 5. The monoisotopic (exact) mass is 527 g/mol. The zero-order valence-electron chi connectivity index (χ0n) is 19.8. The molecule has 0 aromatic carbocycles. The summed E-state index contributed by atoms with van der Waals surface area (Å²) in [5.41, 5.74) is 2.97. The topological polar surface area (TPSA) is 121 Å². The lowest BCUT2D eigenvalue weighted by Crippen LogP contribution is -2.48. The van der Waals surface area contributed by atoms with Gasteiger partial charge in [0.15, 0.2) is 10.5 Å². The molecule has 13 heteroatoms. The second kappa shape index (κ2) is 10.7. The van der Waals surface area contributed by atoms with Gasteiger partial charge in [-0.15, -0.1) is 0 Å². The second-order valence-corrected chi connectivity index (χ2v) is 9.58. The standard InChI is InChI=1S/C24H23F2N7O3S/c1-36-18-11-28-17(22(25)26)8-15(18)14-9-19(33-7-6-27-12-21(33)34)29-10-16(14)23(35)30-24-32-31-20(37-24)5-4-13-2-3-13/h8-11,13,20,22,27,31H,2-3,6-7,12H2,1H3,(H,30,32,35). The van der Waals surface area contributed by atoms with Crippen LogP contribution in [0, 0.1) is 17.8 Å². The van der Waals surface area contributed by atoms with Gasteiger partial charge in [0.25, 0.3) is 12.3 Å². The van der Waals surface area contributed by atoms with Gasteiger partial charge in [-0.1, -0.05) is 11.8 Å². The number of ether oxygens (including phenoxy) is 1. The number of carbonyl (C=O) groups is 2. The third kappa shape index (κ3) is 5.65. The summed E-state index contributed by atoms with van der Waals surface area (Å²) >= 11 is 1.26. The summed E-state index contributed by atoms with van der Waals surface area (Å²) in [7, 11) is 1.38. The van der Waals surface area contributed by atoms with Gasteiger partial charge in [0, 0.05) is 36.3 Å². The van der Waals surface area contributed by atoms with Gasteiger partial charge in [-0.05, 0) is 36.7 Å². The van der Waals surface area contributed by atoms with Crippen LogP contribution in [0.15, 0.2) is 29.6 Å². The van der Waals surface area contributed by atoms with Gasteiger partial charge in [0.1, 0.15) is 17.3 Å². The number of amidine groups is 1. The molecule has 5 rings (SSSR count). The fraction of sp³-hybridized carbons (Fsp3) is 0.375. The highest BCUT2D eigenvalue weighted by atomic mass is 32.2. The van der Waals surface area contributed by atoms with E-state index in [0.29, 0.717) is 30.0 Å². The van der Waals surface area contributed by atoms with E-state index in [9.17, 15) is 18.4 Å². The number of hydrogen-bond acceptors (Lipinski definition) is 9. The van der Waals surface area contributed by atoms with E-state index in [1.165, 1.54) is 48.3 Å². The largest absolute Gasteiger partial charge is 0.494 e. The molecule has 4 heterocycles. The van der Waals surface area contributed by atoms with Gasteiger partial charge < -0.3 is 10.1 Å². The molecule has 2 amide bonds. The van der Waals surface area contributed by atoms with Crippen molar-refractivity contribution in [3.8, 4) is 28.7 Å². The number of pyridine rings is 2. The molecule has 37 heavy (non-hydrogen) atoms. The molecule has 1 unspecified atom stereocenters. The van der Waals surface area contributed by atoms with Crippen LogP contribution >= 0.6 is 11.8 Å². The number of carbonyl (C=O) groups excluding carboxylic acids is 2. The Morgan fingerprint density at radius 2 is 2.08 bits per heavy atom. The minimum absolute atomic E-state index is 0.0897. The maximum absolute atomic E-state index is 13.5. The van der Waals surface area contributed by atoms with Gasteiger partial charge in [-0.25, -0.2) is 13.8 Å². The molecule has 0 radical (unpaired) electrons. The third-order valence-corrected chi connectivity index (χ3v) is 6.73. The number of thioether (sulfide) groups is 1. The van der Waals surface area contributed by atoms with Crippen molar-refractivity contribution < 1.29 is 23.1 Å². The number of hydrogen-bond donors (Lipinski definition) is 3. The van der Waals surface area contributed by atoms with Gasteiger partial charge in [-0.2, -0.15) is 5.10 Å². The molecule has 2 aromatic rings. The third-order valence-electron chi connectivity index (χ3n) is 5.85. The molecule has 10 nitrogen and oxygen atoms in total. The Labute approximate surface area is 215 Å². The number of anilines is 1. The summed E-state index contributed by atoms with van der Waals surface area (Å²) in [6, 6.07) is 2.70. The van der Waals surface area contributed by atoms with Gasteiger partial charge in [-0.3, -0.25) is 30.2 Å². The van der Waals surface area contributed by atoms with Gasteiger partial charge in [0.05, 0.1) is 25.4 Å². The molecule has 1 aliphatic carbocycles. The van der Waals surface area contributed by atoms with Crippen LogP contribution in [0.2, 0.25) is 0 Å². The van der Waals surface area contributed by atoms with Crippen LogP contribution in [0.1, 0.15) is 35.3 Å². The Morgan fingerprint density at radius 3 is 2.81 bits per heavy atom. The molecule has 0 spiro atoms. The van der Waals surface area contributed by atoms with Crippen molar-refractivity contribution in [1.82, 2.24) is 26.0 Å². The Kier molecular flexibility index (Phi) is 7.20. The van der Waals surface area contributed by atoms with Crippen LogP contribution in [-0.2, 0) is 4.79 Å². The number of nitrogens with one attached hydrogen (secondary N) is 3. The van der Waals surface area contributed by atoms with Crippen LogP contribution in [0.5, 0.6) is 5.75 Å². The molecule has 192 valence electrons. The predicted octanol–water partition coefficient (Wildman–Crippen LogP) is 2.10. The summed E-state index contributed by atoms with van der Waals surface area (Å²) in [5, 5.41) is 9.90. The number of amides is 2. The molecule has 2 aliphatic heterocycles. The number of halogens is 2. The second-order valence-electron chi connectivity index (χ2n) is 8.48. The molecule has 0 bridgehead atoms. The average Bonchev–Trinajstić information content (AvgIpc) is 3.64. The van der Waals surface area contributed by atoms with Crippen LogP contribution in [0.3, 0.4) is 0 Å². The smallest absolute Gasteiger partial charge is 0.280 e. The molecular formula is C24H23F2N7O3S. The number of nitrogens with zero attached hydrogens (tertiary/aromatic N) is 4. The molecular weight excluding hydrogens is 504 g/mol. The van der Waals surface area contributed by atoms with E-state index in [2.05, 4.69) is 43.0 Å². The average molecular weight is 528 g/mol. The first-order chi connectivity index (χ1) is 17.9. The zero-order chi connectivity index (χ0) is 25.9. The summed E-state index contributed by atoms with van der Waals surface area (Å²) in [5.74, 6) is 6.41. The van der Waals surface area contributed by atoms with E-state index in [1.807, 2.05) is 0 Å². The van der Waals surface area contributed by atoms with Crippen molar-refractivity contribution in [2.45, 2.75) is 24.6 Å². The quantitative estimate of drug-likeness (QED) is 0.506. The Morgan fingerprint density at radius 1 is 1.24 bits per heavy atom. The molecule has 1 saturated heterocycles. The first kappa shape index (κ1) is 24.9. The Balaban J connectivity index is 1.48. The summed E-state index contributed by atoms with van der Waals surface area (Å²) in [4.78, 5) is 35.4. The van der Waals surface area contributed by atoms with Crippen molar-refractivity contribution in [2.24, 2.45) is 11.0 Å². The van der Waals surface area contributed by atoms with E-state index in [4.69, 9.17) is 4.74 Å². The normalized spacial score (nSPS) is 19.1. The Bertz CT molecular complexity index is 1320. The highest BCUT2D eigenvalue weighted by Gasteiger charge is 2.27. The minimum Gasteiger partial charge on any atom is -0.494 e. The van der Waals surface area contributed by atoms with Crippen LogP contribution < -0.4 is 25.7 Å². The number of alkyl halides is 2. The highest BCUT2D eigenvalue weighted by molar-refractivity contribution is 8.14. The fourth-order valence-corrected chi connectivity index (χ4v) is 4.49. The SMILES string of the molecule is COc1cnc(C(F)F)cc1-c1cc(N2CCNCC2=O)ncc1C(=O)NC1=NNC(C#CC2CC2)S1. The van der Waals surface area contributed by atoms with Crippen molar-refractivity contribution in [1.29, 1.82) is 0 Å². The lowest BCUT2D eigenvalue weighted by atomic mass is 9.99. The minimum atomic E-state index is -2.83. The highest BCUT2D eigenvalue weighted by Crippen LogP contribution is 2.36. The maximum atomic E-state index is 13.5. The molecule has 1 saturated carbocycles. The van der Waals surface area contributed by atoms with E-state index >= 15 is 0 Å². The van der Waals surface area contributed by atoms with E-state index in [1.54, 1.807) is 0 Å². The summed E-state index contributed by atoms with van der Waals surface area (Å²) < 4.78 is 32.4. The van der Waals surface area contributed by atoms with E-state index in [0.717, 1.165) is 12.8 Å². The van der Waals surface area contributed by atoms with Crippen molar-refractivity contribution in [3.63, 3.8) is 0 Å². The maximum Gasteiger partial charge on any atom is 0.280 e. The summed E-state index contributed by atoms with van der Waals surface area (Å²) in [6.07, 6.45) is 1.87. The van der Waals surface area contributed by atoms with E-state index < -0.39 is 18.0 Å². The predicted molar refractivity (Wildman–Crippen MR) is 134 cm³/mol. The van der Waals surface area contributed by atoms with Crippen molar-refractivity contribution in [3.05, 3.63) is 35.8 Å². The molecule has 3 N–H and O–H groups in total. The molecule has 1 atom stereocenters. The van der Waals surface area contributed by atoms with Crippen molar-refractivity contribution in [2.75, 3.05) is 31.6 Å².